The lowest BCUT2D eigenvalue weighted by atomic mass is 9.94. The number of rotatable bonds is 4. The van der Waals surface area contributed by atoms with Crippen LogP contribution in [-0.4, -0.2) is 82.0 Å². The molecule has 0 radical (unpaired) electrons. The molecule has 2 aliphatic heterocycles. The maximum absolute atomic E-state index is 13.2. The second kappa shape index (κ2) is 8.73. The highest BCUT2D eigenvalue weighted by Gasteiger charge is 2.36. The summed E-state index contributed by atoms with van der Waals surface area (Å²) in [5.41, 5.74) is 0. The second-order valence-corrected chi connectivity index (χ2v) is 7.36. The Morgan fingerprint density at radius 3 is 2.52 bits per heavy atom. The molecule has 2 saturated heterocycles. The molecule has 1 atom stereocenters. The van der Waals surface area contributed by atoms with Gasteiger partial charge in [-0.3, -0.25) is 4.79 Å². The molecule has 2 aliphatic rings. The van der Waals surface area contributed by atoms with Crippen LogP contribution in [0.15, 0.2) is 12.4 Å². The van der Waals surface area contributed by atoms with E-state index in [0.717, 1.165) is 44.8 Å². The van der Waals surface area contributed by atoms with Gasteiger partial charge in [0.2, 0.25) is 5.91 Å². The number of urea groups is 1. The molecule has 150 valence electrons. The number of amides is 3. The molecule has 2 fully saturated rings. The van der Waals surface area contributed by atoms with Crippen molar-refractivity contribution in [1.82, 2.24) is 29.6 Å². The molecular weight excluding hydrogens is 344 g/mol. The van der Waals surface area contributed by atoms with Gasteiger partial charge in [0.05, 0.1) is 0 Å². The van der Waals surface area contributed by atoms with E-state index in [9.17, 15) is 9.59 Å². The second-order valence-electron chi connectivity index (χ2n) is 7.36. The molecule has 3 rings (SSSR count). The van der Waals surface area contributed by atoms with Crippen LogP contribution in [0, 0.1) is 5.92 Å². The number of nitrogens with one attached hydrogen (secondary N) is 1. The van der Waals surface area contributed by atoms with Crippen LogP contribution in [0.1, 0.15) is 38.6 Å². The van der Waals surface area contributed by atoms with Crippen LogP contribution in [0.25, 0.3) is 0 Å². The quantitative estimate of drug-likeness (QED) is 0.853. The van der Waals surface area contributed by atoms with E-state index in [0.29, 0.717) is 19.6 Å². The summed E-state index contributed by atoms with van der Waals surface area (Å²) in [7, 11) is 1.97. The number of carbonyl (C=O) groups excluding carboxylic acids is 2. The molecule has 1 aromatic heterocycles. The first-order chi connectivity index (χ1) is 13.1. The zero-order valence-electron chi connectivity index (χ0n) is 16.7. The summed E-state index contributed by atoms with van der Waals surface area (Å²) < 4.78 is 1.99. The van der Waals surface area contributed by atoms with E-state index in [4.69, 9.17) is 0 Å². The molecule has 0 bridgehead atoms. The Bertz CT molecular complexity index is 648. The molecule has 0 aliphatic carbocycles. The van der Waals surface area contributed by atoms with Crippen molar-refractivity contribution in [2.45, 2.75) is 32.7 Å². The summed E-state index contributed by atoms with van der Waals surface area (Å²) in [6, 6.07) is 0.0699. The minimum absolute atomic E-state index is 0.00776. The van der Waals surface area contributed by atoms with Gasteiger partial charge < -0.3 is 24.6 Å². The Morgan fingerprint density at radius 2 is 1.93 bits per heavy atom. The Labute approximate surface area is 161 Å². The summed E-state index contributed by atoms with van der Waals surface area (Å²) >= 11 is 0. The maximum atomic E-state index is 13.2. The minimum Gasteiger partial charge on any atom is -0.336 e. The van der Waals surface area contributed by atoms with Crippen molar-refractivity contribution in [3.63, 3.8) is 0 Å². The van der Waals surface area contributed by atoms with Gasteiger partial charge in [-0.2, -0.15) is 0 Å². The van der Waals surface area contributed by atoms with E-state index < -0.39 is 0 Å². The number of hydrogen-bond donors (Lipinski definition) is 1. The van der Waals surface area contributed by atoms with Crippen LogP contribution in [0.5, 0.6) is 0 Å². The van der Waals surface area contributed by atoms with Gasteiger partial charge in [-0.05, 0) is 26.7 Å². The van der Waals surface area contributed by atoms with Gasteiger partial charge >= 0.3 is 6.03 Å². The molecule has 8 nitrogen and oxygen atoms in total. The van der Waals surface area contributed by atoms with Crippen LogP contribution in [-0.2, 0) is 11.8 Å². The molecule has 0 aromatic carbocycles. The SMILES string of the molecule is CCN(CC)C(=O)N1CCC(C(=O)N2CCNCC2c2nccn2C)CC1. The lowest BCUT2D eigenvalue weighted by molar-refractivity contribution is -0.140. The standard InChI is InChI=1S/C19H32N6O2/c1-4-23(5-2)19(27)24-10-6-15(7-11-24)18(26)25-13-8-20-14-16(25)17-21-9-12-22(17)3/h9,12,15-16,20H,4-8,10-11,13-14H2,1-3H3. The first kappa shape index (κ1) is 19.7. The third-order valence-corrected chi connectivity index (χ3v) is 5.83. The molecule has 0 spiro atoms. The maximum Gasteiger partial charge on any atom is 0.319 e. The van der Waals surface area contributed by atoms with Gasteiger partial charge in [-0.15, -0.1) is 0 Å². The van der Waals surface area contributed by atoms with Crippen molar-refractivity contribution in [3.05, 3.63) is 18.2 Å². The Kier molecular flexibility index (Phi) is 6.36. The highest BCUT2D eigenvalue weighted by molar-refractivity contribution is 5.80. The van der Waals surface area contributed by atoms with Crippen molar-refractivity contribution in [2.75, 3.05) is 45.8 Å². The molecular formula is C19H32N6O2. The third-order valence-electron chi connectivity index (χ3n) is 5.83. The molecule has 3 amide bonds. The van der Waals surface area contributed by atoms with Gasteiger partial charge in [0.1, 0.15) is 11.9 Å². The van der Waals surface area contributed by atoms with Gasteiger partial charge in [-0.1, -0.05) is 0 Å². The largest absolute Gasteiger partial charge is 0.336 e. The van der Waals surface area contributed by atoms with Crippen molar-refractivity contribution in [1.29, 1.82) is 0 Å². The molecule has 0 saturated carbocycles. The summed E-state index contributed by atoms with van der Waals surface area (Å²) in [4.78, 5) is 36.0. The van der Waals surface area contributed by atoms with E-state index >= 15 is 0 Å². The van der Waals surface area contributed by atoms with Crippen LogP contribution in [0.3, 0.4) is 0 Å². The zero-order chi connectivity index (χ0) is 19.4. The predicted octanol–water partition coefficient (Wildman–Crippen LogP) is 1.07. The zero-order valence-corrected chi connectivity index (χ0v) is 16.7. The van der Waals surface area contributed by atoms with Crippen LogP contribution in [0.4, 0.5) is 4.79 Å². The van der Waals surface area contributed by atoms with Gasteiger partial charge in [0, 0.05) is 71.2 Å². The average Bonchev–Trinajstić information content (AvgIpc) is 3.14. The van der Waals surface area contributed by atoms with Crippen molar-refractivity contribution in [3.8, 4) is 0 Å². The topological polar surface area (TPSA) is 73.7 Å². The highest BCUT2D eigenvalue weighted by atomic mass is 16.2. The van der Waals surface area contributed by atoms with Gasteiger partial charge in [0.15, 0.2) is 0 Å². The minimum atomic E-state index is -0.0263. The number of piperidine rings is 1. The van der Waals surface area contributed by atoms with E-state index in [2.05, 4.69) is 10.3 Å². The Morgan fingerprint density at radius 1 is 1.22 bits per heavy atom. The summed E-state index contributed by atoms with van der Waals surface area (Å²) in [5, 5.41) is 3.38. The predicted molar refractivity (Wildman–Crippen MR) is 103 cm³/mol. The number of aryl methyl sites for hydroxylation is 1. The first-order valence-corrected chi connectivity index (χ1v) is 10.1. The Balaban J connectivity index is 1.63. The van der Waals surface area contributed by atoms with Crippen molar-refractivity contribution < 1.29 is 9.59 Å². The lowest BCUT2D eigenvalue weighted by Crippen LogP contribution is -2.53. The smallest absolute Gasteiger partial charge is 0.319 e. The summed E-state index contributed by atoms with van der Waals surface area (Å²) in [6.07, 6.45) is 5.18. The number of nitrogens with zero attached hydrogens (tertiary/aromatic N) is 5. The molecule has 8 heteroatoms. The number of carbonyl (C=O) groups is 2. The van der Waals surface area contributed by atoms with Gasteiger partial charge in [0.25, 0.3) is 0 Å². The lowest BCUT2D eigenvalue weighted by Gasteiger charge is -2.40. The van der Waals surface area contributed by atoms with Crippen LogP contribution < -0.4 is 5.32 Å². The van der Waals surface area contributed by atoms with E-state index in [1.54, 1.807) is 6.20 Å². The van der Waals surface area contributed by atoms with Crippen LogP contribution >= 0.6 is 0 Å². The fraction of sp³-hybridized carbons (Fsp3) is 0.737. The number of imidazole rings is 1. The summed E-state index contributed by atoms with van der Waals surface area (Å²) in [6.45, 7) is 9.01. The molecule has 3 heterocycles. The Hall–Kier alpha value is -2.09. The molecule has 1 N–H and O–H groups in total. The molecule has 27 heavy (non-hydrogen) atoms. The van der Waals surface area contributed by atoms with Crippen molar-refractivity contribution >= 4 is 11.9 Å². The first-order valence-electron chi connectivity index (χ1n) is 10.1. The average molecular weight is 377 g/mol. The number of hydrogen-bond acceptors (Lipinski definition) is 4. The normalized spacial score (nSPS) is 21.4. The van der Waals surface area contributed by atoms with Crippen LogP contribution in [0.2, 0.25) is 0 Å². The van der Waals surface area contributed by atoms with Gasteiger partial charge in [-0.25, -0.2) is 9.78 Å². The van der Waals surface area contributed by atoms with E-state index in [1.807, 2.05) is 46.4 Å². The molecule has 1 unspecified atom stereocenters. The third kappa shape index (κ3) is 4.10. The fourth-order valence-electron chi connectivity index (χ4n) is 4.14. The number of aromatic nitrogens is 2. The number of likely N-dealkylation sites (tertiary alicyclic amines) is 1. The highest BCUT2D eigenvalue weighted by Crippen LogP contribution is 2.27. The number of piperazine rings is 1. The fourth-order valence-corrected chi connectivity index (χ4v) is 4.14. The summed E-state index contributed by atoms with van der Waals surface area (Å²) in [5.74, 6) is 1.12. The van der Waals surface area contributed by atoms with Crippen molar-refractivity contribution in [2.24, 2.45) is 13.0 Å². The van der Waals surface area contributed by atoms with E-state index in [-0.39, 0.29) is 23.9 Å². The van der Waals surface area contributed by atoms with E-state index in [1.165, 1.54) is 0 Å². The molecule has 1 aromatic rings. The monoisotopic (exact) mass is 376 g/mol.